The second-order valence-electron chi connectivity index (χ2n) is 6.95. The van der Waals surface area contributed by atoms with Crippen LogP contribution in [0.1, 0.15) is 18.5 Å². The van der Waals surface area contributed by atoms with Crippen molar-refractivity contribution < 1.29 is 9.84 Å². The molecular weight excluding hydrogens is 402 g/mol. The van der Waals surface area contributed by atoms with Gasteiger partial charge in [0.1, 0.15) is 24.8 Å². The van der Waals surface area contributed by atoms with Crippen molar-refractivity contribution in [2.45, 2.75) is 19.1 Å². The van der Waals surface area contributed by atoms with E-state index in [0.29, 0.717) is 6.54 Å². The van der Waals surface area contributed by atoms with Crippen LogP contribution in [0.25, 0.3) is 16.5 Å². The zero-order valence-electron chi connectivity index (χ0n) is 16.5. The second-order valence-corrected chi connectivity index (χ2v) is 6.95. The smallest absolute Gasteiger partial charge is 0.143 e. The highest BCUT2D eigenvalue weighted by Crippen LogP contribution is 2.20. The van der Waals surface area contributed by atoms with E-state index in [4.69, 9.17) is 4.74 Å². The standard InChI is InChI=1S/C22H23N5O2.ClH/c1-16(17-6-9-20(10-7-17)27-15-24-25-26-27)23-13-21(28)14-29-22-11-8-18-4-2-3-5-19(18)12-22;/h2-12,15-16,21,23,28H,13-14H2,1H3;1H. The molecule has 0 amide bonds. The number of hydrogen-bond donors (Lipinski definition) is 2. The van der Waals surface area contributed by atoms with Crippen molar-refractivity contribution in [1.82, 2.24) is 25.5 Å². The first-order valence-electron chi connectivity index (χ1n) is 9.55. The first kappa shape index (κ1) is 21.7. The van der Waals surface area contributed by atoms with Crippen LogP contribution < -0.4 is 10.1 Å². The van der Waals surface area contributed by atoms with Crippen LogP contribution in [0, 0.1) is 0 Å². The fourth-order valence-electron chi connectivity index (χ4n) is 3.13. The SMILES string of the molecule is CC(NCC(O)COc1ccc2ccccc2c1)c1ccc(-n2cnnn2)cc1.Cl. The molecule has 156 valence electrons. The minimum Gasteiger partial charge on any atom is -0.491 e. The number of nitrogens with zero attached hydrogens (tertiary/aromatic N) is 4. The van der Waals surface area contributed by atoms with Crippen molar-refractivity contribution in [3.05, 3.63) is 78.6 Å². The molecule has 3 aromatic carbocycles. The summed E-state index contributed by atoms with van der Waals surface area (Å²) in [4.78, 5) is 0. The third-order valence-electron chi connectivity index (χ3n) is 4.83. The Hall–Kier alpha value is -3.00. The first-order chi connectivity index (χ1) is 14.2. The summed E-state index contributed by atoms with van der Waals surface area (Å²) >= 11 is 0. The molecule has 2 N–H and O–H groups in total. The van der Waals surface area contributed by atoms with Gasteiger partial charge in [-0.1, -0.05) is 42.5 Å². The molecule has 2 atom stereocenters. The van der Waals surface area contributed by atoms with Crippen molar-refractivity contribution in [3.63, 3.8) is 0 Å². The fourth-order valence-corrected chi connectivity index (χ4v) is 3.13. The van der Waals surface area contributed by atoms with E-state index in [9.17, 15) is 5.11 Å². The lowest BCUT2D eigenvalue weighted by molar-refractivity contribution is 0.104. The van der Waals surface area contributed by atoms with Gasteiger partial charge in [-0.2, -0.15) is 0 Å². The van der Waals surface area contributed by atoms with Gasteiger partial charge in [0, 0.05) is 12.6 Å². The van der Waals surface area contributed by atoms with Gasteiger partial charge in [0.2, 0.25) is 0 Å². The van der Waals surface area contributed by atoms with Gasteiger partial charge in [0.15, 0.2) is 0 Å². The molecular formula is C22H24ClN5O2. The number of ether oxygens (including phenoxy) is 1. The highest BCUT2D eigenvalue weighted by molar-refractivity contribution is 5.85. The molecule has 7 nitrogen and oxygen atoms in total. The van der Waals surface area contributed by atoms with Crippen molar-refractivity contribution in [2.75, 3.05) is 13.2 Å². The van der Waals surface area contributed by atoms with E-state index in [1.807, 2.05) is 60.7 Å². The van der Waals surface area contributed by atoms with Gasteiger partial charge < -0.3 is 15.2 Å². The Morgan fingerprint density at radius 3 is 2.53 bits per heavy atom. The van der Waals surface area contributed by atoms with Crippen molar-refractivity contribution >= 4 is 23.2 Å². The third-order valence-corrected chi connectivity index (χ3v) is 4.83. The fraction of sp³-hybridized carbons (Fsp3) is 0.227. The van der Waals surface area contributed by atoms with Gasteiger partial charge in [-0.3, -0.25) is 0 Å². The number of nitrogens with one attached hydrogen (secondary N) is 1. The van der Waals surface area contributed by atoms with E-state index in [2.05, 4.69) is 33.8 Å². The number of hydrogen-bond acceptors (Lipinski definition) is 6. The van der Waals surface area contributed by atoms with Crippen molar-refractivity contribution in [3.8, 4) is 11.4 Å². The number of benzene rings is 3. The lowest BCUT2D eigenvalue weighted by Gasteiger charge is -2.18. The van der Waals surface area contributed by atoms with Crippen LogP contribution in [0.15, 0.2) is 73.1 Å². The average molecular weight is 426 g/mol. The Bertz CT molecular complexity index is 1060. The zero-order chi connectivity index (χ0) is 20.1. The maximum atomic E-state index is 10.3. The molecule has 4 rings (SSSR count). The van der Waals surface area contributed by atoms with E-state index in [0.717, 1.165) is 22.4 Å². The van der Waals surface area contributed by atoms with Gasteiger partial charge in [-0.15, -0.1) is 17.5 Å². The van der Waals surface area contributed by atoms with Gasteiger partial charge in [-0.25, -0.2) is 4.68 Å². The molecule has 2 unspecified atom stereocenters. The molecule has 0 radical (unpaired) electrons. The Balaban J connectivity index is 0.00000256. The maximum absolute atomic E-state index is 10.3. The predicted molar refractivity (Wildman–Crippen MR) is 118 cm³/mol. The summed E-state index contributed by atoms with van der Waals surface area (Å²) in [5, 5.41) is 27.1. The summed E-state index contributed by atoms with van der Waals surface area (Å²) in [5.74, 6) is 0.758. The Labute approximate surface area is 181 Å². The molecule has 0 fully saturated rings. The van der Waals surface area contributed by atoms with Crippen LogP contribution >= 0.6 is 12.4 Å². The van der Waals surface area contributed by atoms with E-state index in [-0.39, 0.29) is 25.1 Å². The number of fused-ring (bicyclic) bond motifs is 1. The van der Waals surface area contributed by atoms with Gasteiger partial charge >= 0.3 is 0 Å². The summed E-state index contributed by atoms with van der Waals surface area (Å²) < 4.78 is 7.37. The van der Waals surface area contributed by atoms with Gasteiger partial charge in [-0.05, 0) is 58.0 Å². The molecule has 0 aliphatic heterocycles. The topological polar surface area (TPSA) is 85.1 Å². The first-order valence-corrected chi connectivity index (χ1v) is 9.55. The van der Waals surface area contributed by atoms with Crippen LogP contribution in [0.2, 0.25) is 0 Å². The molecule has 8 heteroatoms. The number of halogens is 1. The average Bonchev–Trinajstić information content (AvgIpc) is 3.31. The number of aromatic nitrogens is 4. The van der Waals surface area contributed by atoms with E-state index < -0.39 is 6.10 Å². The zero-order valence-corrected chi connectivity index (χ0v) is 17.4. The summed E-state index contributed by atoms with van der Waals surface area (Å²) in [6.07, 6.45) is 0.951. The lowest BCUT2D eigenvalue weighted by atomic mass is 10.1. The molecule has 0 saturated carbocycles. The van der Waals surface area contributed by atoms with Crippen LogP contribution in [0.4, 0.5) is 0 Å². The third kappa shape index (κ3) is 5.33. The summed E-state index contributed by atoms with van der Waals surface area (Å²) in [5.41, 5.74) is 2.01. The van der Waals surface area contributed by atoms with E-state index in [1.54, 1.807) is 11.0 Å². The van der Waals surface area contributed by atoms with Gasteiger partial charge in [0.25, 0.3) is 0 Å². The number of rotatable bonds is 8. The second kappa shape index (κ2) is 10.2. The number of tetrazole rings is 1. The normalized spacial score (nSPS) is 12.9. The Morgan fingerprint density at radius 2 is 1.80 bits per heavy atom. The van der Waals surface area contributed by atoms with Crippen LogP contribution in [0.3, 0.4) is 0 Å². The molecule has 1 heterocycles. The summed E-state index contributed by atoms with van der Waals surface area (Å²) in [6.45, 7) is 2.72. The highest BCUT2D eigenvalue weighted by Gasteiger charge is 2.10. The maximum Gasteiger partial charge on any atom is 0.143 e. The van der Waals surface area contributed by atoms with Crippen LogP contribution in [0.5, 0.6) is 5.75 Å². The van der Waals surface area contributed by atoms with Crippen molar-refractivity contribution in [2.24, 2.45) is 0 Å². The molecule has 0 bridgehead atoms. The molecule has 0 saturated heterocycles. The minimum absolute atomic E-state index is 0. The predicted octanol–water partition coefficient (Wildman–Crippen LogP) is 3.33. The quantitative estimate of drug-likeness (QED) is 0.450. The van der Waals surface area contributed by atoms with Crippen LogP contribution in [-0.4, -0.2) is 44.6 Å². The monoisotopic (exact) mass is 425 g/mol. The number of aliphatic hydroxyl groups excluding tert-OH is 1. The largest absolute Gasteiger partial charge is 0.491 e. The molecule has 30 heavy (non-hydrogen) atoms. The molecule has 1 aromatic heterocycles. The molecule has 0 aliphatic carbocycles. The Kier molecular flexibility index (Phi) is 7.35. The van der Waals surface area contributed by atoms with E-state index in [1.165, 1.54) is 5.39 Å². The van der Waals surface area contributed by atoms with E-state index >= 15 is 0 Å². The van der Waals surface area contributed by atoms with Gasteiger partial charge in [0.05, 0.1) is 5.69 Å². The highest BCUT2D eigenvalue weighted by atomic mass is 35.5. The Morgan fingerprint density at radius 1 is 1.03 bits per heavy atom. The molecule has 0 aliphatic rings. The lowest BCUT2D eigenvalue weighted by Crippen LogP contribution is -2.33. The number of aliphatic hydroxyl groups is 1. The minimum atomic E-state index is -0.607. The van der Waals surface area contributed by atoms with Crippen molar-refractivity contribution in [1.29, 1.82) is 0 Å². The molecule has 4 aromatic rings. The summed E-state index contributed by atoms with van der Waals surface area (Å²) in [7, 11) is 0. The summed E-state index contributed by atoms with van der Waals surface area (Å²) in [6, 6.07) is 22.1. The van der Waals surface area contributed by atoms with Crippen LogP contribution in [-0.2, 0) is 0 Å². The molecule has 0 spiro atoms.